The van der Waals surface area contributed by atoms with Crippen molar-refractivity contribution in [2.24, 2.45) is 5.92 Å². The molecular formula is C22H27NO3. The van der Waals surface area contributed by atoms with Crippen LogP contribution >= 0.6 is 0 Å². The number of rotatable bonds is 2. The van der Waals surface area contributed by atoms with E-state index in [2.05, 4.69) is 5.92 Å². The van der Waals surface area contributed by atoms with Crippen molar-refractivity contribution in [3.8, 4) is 12.3 Å². The molecule has 138 valence electrons. The van der Waals surface area contributed by atoms with E-state index in [1.165, 1.54) is 0 Å². The molecule has 3 rings (SSSR count). The number of benzene rings is 1. The zero-order chi connectivity index (χ0) is 18.9. The van der Waals surface area contributed by atoms with Gasteiger partial charge in [-0.05, 0) is 65.0 Å². The van der Waals surface area contributed by atoms with E-state index in [-0.39, 0.29) is 29.9 Å². The highest BCUT2D eigenvalue weighted by Crippen LogP contribution is 2.39. The lowest BCUT2D eigenvalue weighted by Crippen LogP contribution is -2.56. The third-order valence-electron chi connectivity index (χ3n) is 5.29. The Kier molecular flexibility index (Phi) is 5.09. The number of terminal acetylenes is 1. The molecule has 0 radical (unpaired) electrons. The second-order valence-corrected chi connectivity index (χ2v) is 8.38. The van der Waals surface area contributed by atoms with Crippen molar-refractivity contribution in [3.63, 3.8) is 0 Å². The Morgan fingerprint density at radius 3 is 2.19 bits per heavy atom. The maximum Gasteiger partial charge on any atom is 0.410 e. The minimum atomic E-state index is -0.503. The molecule has 0 aliphatic carbocycles. The Morgan fingerprint density at radius 1 is 1.12 bits per heavy atom. The smallest absolute Gasteiger partial charge is 0.410 e. The van der Waals surface area contributed by atoms with Gasteiger partial charge in [-0.3, -0.25) is 4.79 Å². The molecule has 2 unspecified atom stereocenters. The highest BCUT2D eigenvalue weighted by atomic mass is 16.6. The first-order valence-electron chi connectivity index (χ1n) is 9.40. The quantitative estimate of drug-likeness (QED) is 0.584. The second-order valence-electron chi connectivity index (χ2n) is 8.38. The Labute approximate surface area is 155 Å². The Morgan fingerprint density at radius 2 is 1.69 bits per heavy atom. The van der Waals surface area contributed by atoms with Crippen LogP contribution in [0.2, 0.25) is 0 Å². The van der Waals surface area contributed by atoms with Gasteiger partial charge >= 0.3 is 6.09 Å². The number of carbonyl (C=O) groups excluding carboxylic acids is 2. The molecule has 2 fully saturated rings. The Balaban J connectivity index is 1.73. The molecule has 1 amide bonds. The van der Waals surface area contributed by atoms with E-state index >= 15 is 0 Å². The summed E-state index contributed by atoms with van der Waals surface area (Å²) in [4.78, 5) is 27.5. The lowest BCUT2D eigenvalue weighted by Gasteiger charge is -2.48. The SMILES string of the molecule is C#Cc1ccc(C(=O)C2CC3CCCC(C2)N3C(=O)OC(C)(C)C)cc1. The Hall–Kier alpha value is -2.28. The first-order chi connectivity index (χ1) is 12.3. The monoisotopic (exact) mass is 353 g/mol. The van der Waals surface area contributed by atoms with Gasteiger partial charge in [0.1, 0.15) is 5.60 Å². The van der Waals surface area contributed by atoms with Crippen molar-refractivity contribution in [1.82, 2.24) is 4.90 Å². The first kappa shape index (κ1) is 18.5. The fourth-order valence-electron chi connectivity index (χ4n) is 4.17. The van der Waals surface area contributed by atoms with E-state index in [9.17, 15) is 9.59 Å². The lowest BCUT2D eigenvalue weighted by atomic mass is 9.76. The van der Waals surface area contributed by atoms with Crippen LogP contribution in [0.15, 0.2) is 24.3 Å². The number of Topliss-reactive ketones (excluding diaryl/α,β-unsaturated/α-hetero) is 1. The molecular weight excluding hydrogens is 326 g/mol. The van der Waals surface area contributed by atoms with E-state index in [0.29, 0.717) is 18.4 Å². The zero-order valence-electron chi connectivity index (χ0n) is 15.8. The van der Waals surface area contributed by atoms with Crippen molar-refractivity contribution < 1.29 is 14.3 Å². The average Bonchev–Trinajstić information content (AvgIpc) is 2.58. The van der Waals surface area contributed by atoms with Crippen molar-refractivity contribution in [3.05, 3.63) is 35.4 Å². The average molecular weight is 353 g/mol. The number of ether oxygens (including phenoxy) is 1. The van der Waals surface area contributed by atoms with Crippen LogP contribution in [0.25, 0.3) is 0 Å². The summed E-state index contributed by atoms with van der Waals surface area (Å²) in [5.74, 6) is 2.69. The van der Waals surface area contributed by atoms with Gasteiger partial charge in [0.25, 0.3) is 0 Å². The maximum atomic E-state index is 12.9. The topological polar surface area (TPSA) is 46.6 Å². The van der Waals surface area contributed by atoms with Gasteiger partial charge in [-0.1, -0.05) is 18.1 Å². The van der Waals surface area contributed by atoms with E-state index in [4.69, 9.17) is 11.2 Å². The number of piperidine rings is 2. The van der Waals surface area contributed by atoms with Crippen LogP contribution in [0.5, 0.6) is 0 Å². The van der Waals surface area contributed by atoms with Crippen molar-refractivity contribution in [2.45, 2.75) is 70.6 Å². The summed E-state index contributed by atoms with van der Waals surface area (Å²) in [6.07, 6.45) is 9.56. The number of ketones is 1. The number of fused-ring (bicyclic) bond motifs is 2. The normalized spacial score (nSPS) is 25.3. The number of amides is 1. The van der Waals surface area contributed by atoms with Gasteiger partial charge in [0.2, 0.25) is 0 Å². The van der Waals surface area contributed by atoms with E-state index in [1.807, 2.05) is 49.9 Å². The van der Waals surface area contributed by atoms with Crippen LogP contribution in [0.3, 0.4) is 0 Å². The van der Waals surface area contributed by atoms with Crippen LogP contribution in [-0.2, 0) is 4.74 Å². The molecule has 26 heavy (non-hydrogen) atoms. The molecule has 0 N–H and O–H groups in total. The minimum absolute atomic E-state index is 0.0410. The number of nitrogens with zero attached hydrogens (tertiary/aromatic N) is 1. The van der Waals surface area contributed by atoms with Gasteiger partial charge in [-0.15, -0.1) is 6.42 Å². The van der Waals surface area contributed by atoms with Gasteiger partial charge in [-0.25, -0.2) is 4.79 Å². The molecule has 2 aliphatic heterocycles. The van der Waals surface area contributed by atoms with Crippen molar-refractivity contribution in [1.29, 1.82) is 0 Å². The molecule has 2 atom stereocenters. The van der Waals surface area contributed by atoms with E-state index < -0.39 is 5.60 Å². The molecule has 2 aliphatic rings. The fraction of sp³-hybridized carbons (Fsp3) is 0.545. The number of hydrogen-bond acceptors (Lipinski definition) is 3. The predicted octanol–water partition coefficient (Wildman–Crippen LogP) is 4.42. The summed E-state index contributed by atoms with van der Waals surface area (Å²) < 4.78 is 5.60. The molecule has 4 heteroatoms. The molecule has 0 spiro atoms. The largest absolute Gasteiger partial charge is 0.444 e. The first-order valence-corrected chi connectivity index (χ1v) is 9.40. The molecule has 2 saturated heterocycles. The third-order valence-corrected chi connectivity index (χ3v) is 5.29. The minimum Gasteiger partial charge on any atom is -0.444 e. The van der Waals surface area contributed by atoms with Crippen LogP contribution < -0.4 is 0 Å². The fourth-order valence-corrected chi connectivity index (χ4v) is 4.17. The summed E-state index contributed by atoms with van der Waals surface area (Å²) in [7, 11) is 0. The molecule has 4 nitrogen and oxygen atoms in total. The third kappa shape index (κ3) is 3.93. The lowest BCUT2D eigenvalue weighted by molar-refractivity contribution is -0.0260. The standard InChI is InChI=1S/C22H27NO3/c1-5-15-9-11-16(12-10-15)20(24)17-13-18-7-6-8-19(14-17)23(18)21(25)26-22(2,3)4/h1,9-12,17-19H,6-8,13-14H2,2-4H3. The summed E-state index contributed by atoms with van der Waals surface area (Å²) in [5, 5.41) is 0. The number of hydrogen-bond donors (Lipinski definition) is 0. The van der Waals surface area contributed by atoms with Gasteiger partial charge in [0.15, 0.2) is 5.78 Å². The van der Waals surface area contributed by atoms with Gasteiger partial charge < -0.3 is 9.64 Å². The summed E-state index contributed by atoms with van der Waals surface area (Å²) in [5.41, 5.74) is 0.979. The maximum absolute atomic E-state index is 12.9. The summed E-state index contributed by atoms with van der Waals surface area (Å²) in [6.45, 7) is 5.66. The predicted molar refractivity (Wildman–Crippen MR) is 101 cm³/mol. The summed E-state index contributed by atoms with van der Waals surface area (Å²) in [6, 6.07) is 7.43. The second kappa shape index (κ2) is 7.15. The van der Waals surface area contributed by atoms with Gasteiger partial charge in [0, 0.05) is 29.1 Å². The van der Waals surface area contributed by atoms with Crippen LogP contribution in [-0.4, -0.2) is 34.5 Å². The van der Waals surface area contributed by atoms with Crippen molar-refractivity contribution in [2.75, 3.05) is 0 Å². The van der Waals surface area contributed by atoms with Crippen LogP contribution in [0.4, 0.5) is 4.79 Å². The highest BCUT2D eigenvalue weighted by molar-refractivity contribution is 5.98. The molecule has 1 aromatic carbocycles. The highest BCUT2D eigenvalue weighted by Gasteiger charge is 2.44. The van der Waals surface area contributed by atoms with Crippen LogP contribution in [0, 0.1) is 18.3 Å². The number of carbonyl (C=O) groups is 2. The van der Waals surface area contributed by atoms with E-state index in [0.717, 1.165) is 24.8 Å². The summed E-state index contributed by atoms with van der Waals surface area (Å²) >= 11 is 0. The molecule has 2 heterocycles. The Bertz CT molecular complexity index is 709. The van der Waals surface area contributed by atoms with Crippen LogP contribution in [0.1, 0.15) is 68.8 Å². The van der Waals surface area contributed by atoms with Gasteiger partial charge in [0.05, 0.1) is 0 Å². The van der Waals surface area contributed by atoms with Gasteiger partial charge in [-0.2, -0.15) is 0 Å². The molecule has 0 saturated carbocycles. The van der Waals surface area contributed by atoms with Crippen molar-refractivity contribution >= 4 is 11.9 Å². The van der Waals surface area contributed by atoms with E-state index in [1.54, 1.807) is 0 Å². The zero-order valence-corrected chi connectivity index (χ0v) is 15.8. The molecule has 2 bridgehead atoms. The molecule has 0 aromatic heterocycles. The molecule has 1 aromatic rings.